The number of hydrogen-bond acceptors (Lipinski definition) is 3. The molecule has 0 unspecified atom stereocenters. The van der Waals surface area contributed by atoms with Crippen molar-refractivity contribution in [3.63, 3.8) is 0 Å². The zero-order valence-electron chi connectivity index (χ0n) is 9.01. The van der Waals surface area contributed by atoms with E-state index in [1.165, 1.54) is 0 Å². The number of alkyl halides is 3. The van der Waals surface area contributed by atoms with E-state index in [1.807, 2.05) is 0 Å². The first-order valence-corrected chi connectivity index (χ1v) is 5.46. The van der Waals surface area contributed by atoms with E-state index in [0.717, 1.165) is 6.07 Å². The van der Waals surface area contributed by atoms with Crippen molar-refractivity contribution in [2.45, 2.75) is 6.18 Å². The molecule has 0 aliphatic heterocycles. The minimum Gasteiger partial charge on any atom is -0.365 e. The van der Waals surface area contributed by atoms with Gasteiger partial charge in [0.15, 0.2) is 0 Å². The van der Waals surface area contributed by atoms with E-state index >= 15 is 0 Å². The van der Waals surface area contributed by atoms with Gasteiger partial charge in [0.1, 0.15) is 11.5 Å². The van der Waals surface area contributed by atoms with Crippen molar-refractivity contribution >= 4 is 27.7 Å². The molecular weight excluding hydrogens is 315 g/mol. The van der Waals surface area contributed by atoms with Gasteiger partial charge in [-0.1, -0.05) is 22.5 Å². The highest BCUT2D eigenvalue weighted by Gasteiger charge is 2.33. The number of pyridine rings is 1. The molecule has 3 N–H and O–H groups in total. The second-order valence-electron chi connectivity index (χ2n) is 3.33. The number of hydrogen-bond donors (Lipinski definition) is 2. The monoisotopic (exact) mass is 323 g/mol. The Morgan fingerprint density at radius 1 is 1.50 bits per heavy atom. The number of carbonyl (C=O) groups excluding carboxylic acids is 1. The first kappa shape index (κ1) is 14.5. The highest BCUT2D eigenvalue weighted by molar-refractivity contribution is 9.11. The van der Waals surface area contributed by atoms with Crippen LogP contribution in [0.3, 0.4) is 0 Å². The number of rotatable bonds is 4. The van der Waals surface area contributed by atoms with E-state index in [0.29, 0.717) is 10.5 Å². The maximum absolute atomic E-state index is 12.5. The first-order valence-electron chi connectivity index (χ1n) is 4.67. The standard InChI is InChI=1S/C10H9BrF3N3O/c1-5(11)4-16-9-6(8(15)18)2-3-7(17-9)10(12,13)14/h2-3H,1,4H2,(H2,15,18)(H,16,17). The number of nitrogens with one attached hydrogen (secondary N) is 1. The zero-order valence-corrected chi connectivity index (χ0v) is 10.6. The Balaban J connectivity index is 3.15. The number of amides is 1. The van der Waals surface area contributed by atoms with Gasteiger partial charge in [-0.25, -0.2) is 4.98 Å². The maximum atomic E-state index is 12.5. The summed E-state index contributed by atoms with van der Waals surface area (Å²) in [6.45, 7) is 3.62. The molecule has 1 aromatic rings. The maximum Gasteiger partial charge on any atom is 0.433 e. The summed E-state index contributed by atoms with van der Waals surface area (Å²) in [5.41, 5.74) is 3.83. The summed E-state index contributed by atoms with van der Waals surface area (Å²) in [7, 11) is 0. The molecule has 0 bridgehead atoms. The van der Waals surface area contributed by atoms with Crippen molar-refractivity contribution in [1.82, 2.24) is 4.98 Å². The minimum atomic E-state index is -4.59. The van der Waals surface area contributed by atoms with Crippen LogP contribution in [-0.4, -0.2) is 17.4 Å². The molecule has 0 aliphatic carbocycles. The van der Waals surface area contributed by atoms with Crippen molar-refractivity contribution in [2.24, 2.45) is 5.73 Å². The van der Waals surface area contributed by atoms with Crippen LogP contribution in [-0.2, 0) is 6.18 Å². The molecule has 0 radical (unpaired) electrons. The molecular formula is C10H9BrF3N3O. The number of primary amides is 1. The fraction of sp³-hybridized carbons (Fsp3) is 0.200. The molecule has 0 fully saturated rings. The molecule has 0 saturated heterocycles. The third kappa shape index (κ3) is 3.73. The number of halogens is 4. The highest BCUT2D eigenvalue weighted by atomic mass is 79.9. The van der Waals surface area contributed by atoms with Crippen LogP contribution < -0.4 is 11.1 Å². The van der Waals surface area contributed by atoms with Gasteiger partial charge < -0.3 is 11.1 Å². The molecule has 4 nitrogen and oxygen atoms in total. The van der Waals surface area contributed by atoms with Crippen LogP contribution in [0.1, 0.15) is 16.1 Å². The molecule has 1 heterocycles. The number of carbonyl (C=O) groups is 1. The van der Waals surface area contributed by atoms with E-state index in [4.69, 9.17) is 5.73 Å². The first-order chi connectivity index (χ1) is 8.21. The second-order valence-corrected chi connectivity index (χ2v) is 4.45. The lowest BCUT2D eigenvalue weighted by molar-refractivity contribution is -0.141. The summed E-state index contributed by atoms with van der Waals surface area (Å²) >= 11 is 3.03. The predicted molar refractivity (Wildman–Crippen MR) is 64.3 cm³/mol. The summed E-state index contributed by atoms with van der Waals surface area (Å²) < 4.78 is 37.9. The van der Waals surface area contributed by atoms with Gasteiger partial charge in [0.2, 0.25) is 0 Å². The lowest BCUT2D eigenvalue weighted by atomic mass is 10.2. The SMILES string of the molecule is C=C(Br)CNc1nc(C(F)(F)F)ccc1C(N)=O. The van der Waals surface area contributed by atoms with E-state index in [2.05, 4.69) is 32.8 Å². The molecule has 0 aromatic carbocycles. The van der Waals surface area contributed by atoms with Crippen molar-refractivity contribution in [3.05, 3.63) is 34.5 Å². The van der Waals surface area contributed by atoms with Gasteiger partial charge in [-0.05, 0) is 12.1 Å². The Hall–Kier alpha value is -1.57. The molecule has 1 aromatic heterocycles. The normalized spacial score (nSPS) is 11.1. The van der Waals surface area contributed by atoms with Gasteiger partial charge in [0.05, 0.1) is 5.56 Å². The lowest BCUT2D eigenvalue weighted by Gasteiger charge is -2.12. The number of nitrogens with two attached hydrogens (primary N) is 1. The van der Waals surface area contributed by atoms with Crippen LogP contribution >= 0.6 is 15.9 Å². The van der Waals surface area contributed by atoms with Gasteiger partial charge in [0, 0.05) is 11.0 Å². The number of anilines is 1. The van der Waals surface area contributed by atoms with Crippen LogP contribution in [0, 0.1) is 0 Å². The molecule has 0 aliphatic rings. The van der Waals surface area contributed by atoms with Crippen LogP contribution in [0.4, 0.5) is 19.0 Å². The largest absolute Gasteiger partial charge is 0.433 e. The minimum absolute atomic E-state index is 0.114. The van der Waals surface area contributed by atoms with Crippen molar-refractivity contribution in [2.75, 3.05) is 11.9 Å². The summed E-state index contributed by atoms with van der Waals surface area (Å²) in [5, 5.41) is 2.55. The summed E-state index contributed by atoms with van der Waals surface area (Å²) in [4.78, 5) is 14.4. The summed E-state index contributed by atoms with van der Waals surface area (Å²) in [5.74, 6) is -1.09. The molecule has 1 rings (SSSR count). The van der Waals surface area contributed by atoms with Gasteiger partial charge >= 0.3 is 6.18 Å². The predicted octanol–water partition coefficient (Wildman–Crippen LogP) is 2.52. The third-order valence-electron chi connectivity index (χ3n) is 1.90. The lowest BCUT2D eigenvalue weighted by Crippen LogP contribution is -2.18. The van der Waals surface area contributed by atoms with Crippen LogP contribution in [0.2, 0.25) is 0 Å². The molecule has 0 atom stereocenters. The fourth-order valence-electron chi connectivity index (χ4n) is 1.13. The third-order valence-corrected chi connectivity index (χ3v) is 2.18. The highest BCUT2D eigenvalue weighted by Crippen LogP contribution is 2.29. The number of aromatic nitrogens is 1. The topological polar surface area (TPSA) is 68.0 Å². The zero-order chi connectivity index (χ0) is 13.9. The Kier molecular flexibility index (Phi) is 4.33. The van der Waals surface area contributed by atoms with Crippen molar-refractivity contribution in [1.29, 1.82) is 0 Å². The molecule has 0 saturated carbocycles. The van der Waals surface area contributed by atoms with Gasteiger partial charge in [0.25, 0.3) is 5.91 Å². The molecule has 1 amide bonds. The quantitative estimate of drug-likeness (QED) is 0.894. The van der Waals surface area contributed by atoms with E-state index in [9.17, 15) is 18.0 Å². The van der Waals surface area contributed by atoms with E-state index in [1.54, 1.807) is 0 Å². The Labute approximate surface area is 109 Å². The van der Waals surface area contributed by atoms with Crippen LogP contribution in [0.25, 0.3) is 0 Å². The average molecular weight is 324 g/mol. The molecule has 8 heteroatoms. The molecule has 18 heavy (non-hydrogen) atoms. The van der Waals surface area contributed by atoms with Gasteiger partial charge in [-0.2, -0.15) is 13.2 Å². The smallest absolute Gasteiger partial charge is 0.365 e. The average Bonchev–Trinajstić information content (AvgIpc) is 2.24. The fourth-order valence-corrected chi connectivity index (χ4v) is 1.27. The van der Waals surface area contributed by atoms with Gasteiger partial charge in [-0.3, -0.25) is 4.79 Å². The Morgan fingerprint density at radius 3 is 2.56 bits per heavy atom. The Morgan fingerprint density at radius 2 is 2.11 bits per heavy atom. The number of nitrogens with zero attached hydrogens (tertiary/aromatic N) is 1. The van der Waals surface area contributed by atoms with Crippen molar-refractivity contribution in [3.8, 4) is 0 Å². The Bertz CT molecular complexity index is 488. The van der Waals surface area contributed by atoms with E-state index < -0.39 is 17.8 Å². The van der Waals surface area contributed by atoms with Crippen LogP contribution in [0.15, 0.2) is 23.2 Å². The summed E-state index contributed by atoms with van der Waals surface area (Å²) in [6, 6.07) is 1.69. The molecule has 0 spiro atoms. The summed E-state index contributed by atoms with van der Waals surface area (Å²) in [6.07, 6.45) is -4.59. The van der Waals surface area contributed by atoms with Gasteiger partial charge in [-0.15, -0.1) is 0 Å². The van der Waals surface area contributed by atoms with E-state index in [-0.39, 0.29) is 17.9 Å². The van der Waals surface area contributed by atoms with Crippen LogP contribution in [0.5, 0.6) is 0 Å². The molecule has 98 valence electrons. The van der Waals surface area contributed by atoms with Crippen molar-refractivity contribution < 1.29 is 18.0 Å². The second kappa shape index (κ2) is 5.38.